The van der Waals surface area contributed by atoms with Crippen molar-refractivity contribution < 1.29 is 57.3 Å². The average Bonchev–Trinajstić information content (AvgIpc) is 3.45. The zero-order chi connectivity index (χ0) is 51.4. The number of hydrogen-bond acceptors (Lipinski definition) is 12. The quantitative estimate of drug-likeness (QED) is 0.0547. The van der Waals surface area contributed by atoms with E-state index in [-0.39, 0.29) is 46.2 Å². The summed E-state index contributed by atoms with van der Waals surface area (Å²) in [7, 11) is 0. The fraction of sp³-hybridized carbons (Fsp3) is 0.317. The number of rotatable bonds is 25. The molecule has 390 valence electrons. The molecule has 0 amide bonds. The summed E-state index contributed by atoms with van der Waals surface area (Å²) in [5.41, 5.74) is 6.39. The van der Waals surface area contributed by atoms with Crippen LogP contribution in [0.5, 0.6) is 0 Å². The van der Waals surface area contributed by atoms with Crippen LogP contribution in [0.25, 0.3) is 0 Å². The van der Waals surface area contributed by atoms with Crippen LogP contribution in [0, 0.1) is 0 Å². The lowest BCUT2D eigenvalue weighted by Crippen LogP contribution is -2.69. The monoisotopic (exact) mass is 1010 g/mol. The van der Waals surface area contributed by atoms with Gasteiger partial charge in [0.2, 0.25) is 0 Å². The predicted octanol–water partition coefficient (Wildman–Crippen LogP) is 10.1. The van der Waals surface area contributed by atoms with Crippen LogP contribution in [-0.4, -0.2) is 85.0 Å². The summed E-state index contributed by atoms with van der Waals surface area (Å²) < 4.78 is 68.8. The third-order valence-electron chi connectivity index (χ3n) is 13.3. The summed E-state index contributed by atoms with van der Waals surface area (Å²) in [5, 5.41) is 12.7. The molecule has 0 bridgehead atoms. The van der Waals surface area contributed by atoms with Crippen LogP contribution in [0.4, 0.5) is 0 Å². The standard InChI is InChI=1S/C63H66O12/c1-45(64)73-57-54(65)56(68-39-48-27-13-4-14-28-48)59(70-41-50-31-17-6-18-32-50)60(71-42-51-33-19-7-20-34-51)61(57)75-63-62(72-43-52-35-21-8-22-36-52)58(69-40-49-29-15-5-16-30-49)55(67-38-47-25-11-3-12-26-47)53(74-63)44-66-37-46-23-9-2-10-24-46/h2-36,53-63,65H,37-44H2,1H3/t53-,54-,55-,56-,57+,58+,59+,60-,61+,62+,63-/m1/s1. The Morgan fingerprint density at radius 2 is 0.667 bits per heavy atom. The maximum Gasteiger partial charge on any atom is 0.303 e. The number of benzene rings is 7. The molecular formula is C63H66O12. The molecule has 11 atom stereocenters. The molecule has 0 unspecified atom stereocenters. The molecule has 75 heavy (non-hydrogen) atoms. The first kappa shape index (κ1) is 53.4. The molecule has 2 fully saturated rings. The molecule has 1 N–H and O–H groups in total. The van der Waals surface area contributed by atoms with Crippen LogP contribution in [0.2, 0.25) is 0 Å². The second kappa shape index (κ2) is 27.9. The zero-order valence-electron chi connectivity index (χ0n) is 42.2. The van der Waals surface area contributed by atoms with Gasteiger partial charge in [0.15, 0.2) is 12.4 Å². The molecule has 12 heteroatoms. The van der Waals surface area contributed by atoms with E-state index in [9.17, 15) is 9.90 Å². The van der Waals surface area contributed by atoms with Gasteiger partial charge in [-0.05, 0) is 38.9 Å². The van der Waals surface area contributed by atoms with Crippen molar-refractivity contribution in [1.29, 1.82) is 0 Å². The number of carbonyl (C=O) groups excluding carboxylic acids is 1. The van der Waals surface area contributed by atoms with Gasteiger partial charge in [-0.2, -0.15) is 0 Å². The van der Waals surface area contributed by atoms with Crippen molar-refractivity contribution in [2.75, 3.05) is 6.61 Å². The van der Waals surface area contributed by atoms with Gasteiger partial charge in [0.05, 0.1) is 52.9 Å². The molecule has 1 aliphatic carbocycles. The highest BCUT2D eigenvalue weighted by molar-refractivity contribution is 5.66. The summed E-state index contributed by atoms with van der Waals surface area (Å²) in [6.07, 6.45) is -11.9. The molecule has 1 aliphatic heterocycles. The number of aliphatic hydroxyl groups excluding tert-OH is 1. The van der Waals surface area contributed by atoms with Crippen LogP contribution in [0.1, 0.15) is 45.9 Å². The summed E-state index contributed by atoms with van der Waals surface area (Å²) in [4.78, 5) is 13.4. The van der Waals surface area contributed by atoms with Gasteiger partial charge in [-0.15, -0.1) is 0 Å². The Kier molecular flexibility index (Phi) is 19.9. The van der Waals surface area contributed by atoms with Crippen LogP contribution >= 0.6 is 0 Å². The van der Waals surface area contributed by atoms with Crippen LogP contribution < -0.4 is 0 Å². The third kappa shape index (κ3) is 15.4. The number of esters is 1. The average molecular weight is 1020 g/mol. The van der Waals surface area contributed by atoms with Gasteiger partial charge in [-0.1, -0.05) is 212 Å². The second-order valence-corrected chi connectivity index (χ2v) is 18.8. The van der Waals surface area contributed by atoms with Crippen molar-refractivity contribution in [2.24, 2.45) is 0 Å². The second-order valence-electron chi connectivity index (χ2n) is 18.8. The molecule has 1 saturated heterocycles. The van der Waals surface area contributed by atoms with Gasteiger partial charge in [-0.3, -0.25) is 4.79 Å². The van der Waals surface area contributed by atoms with E-state index in [1.54, 1.807) is 0 Å². The van der Waals surface area contributed by atoms with E-state index in [4.69, 9.17) is 47.4 Å². The zero-order valence-corrected chi connectivity index (χ0v) is 42.2. The summed E-state index contributed by atoms with van der Waals surface area (Å²) in [5.74, 6) is -0.646. The SMILES string of the molecule is CC(=O)O[C@H]1[C@H](O)[C@@H](OCc2ccccc2)[C@H](OCc2ccccc2)[C@@H](OCc2ccccc2)[C@H]1O[C@H]1O[C@H](COCc2ccccc2)[C@@H](OCc2ccccc2)[C@H](OCc2ccccc2)[C@@H]1OCc1ccccc1. The van der Waals surface area contributed by atoms with E-state index in [1.165, 1.54) is 6.92 Å². The minimum Gasteiger partial charge on any atom is -0.457 e. The van der Waals surface area contributed by atoms with E-state index >= 15 is 0 Å². The Morgan fingerprint density at radius 1 is 0.373 bits per heavy atom. The molecule has 7 aromatic rings. The lowest BCUT2D eigenvalue weighted by Gasteiger charge is -2.51. The topological polar surface area (TPSA) is 130 Å². The van der Waals surface area contributed by atoms with Crippen LogP contribution in [-0.2, 0) is 98.4 Å². The highest BCUT2D eigenvalue weighted by Crippen LogP contribution is 2.38. The van der Waals surface area contributed by atoms with Gasteiger partial charge >= 0.3 is 5.97 Å². The Balaban J connectivity index is 1.13. The van der Waals surface area contributed by atoms with Gasteiger partial charge in [-0.25, -0.2) is 0 Å². The van der Waals surface area contributed by atoms with Gasteiger partial charge in [0.1, 0.15) is 54.9 Å². The fourth-order valence-electron chi connectivity index (χ4n) is 9.50. The van der Waals surface area contributed by atoms with Gasteiger partial charge in [0, 0.05) is 6.92 Å². The highest BCUT2D eigenvalue weighted by atomic mass is 16.7. The van der Waals surface area contributed by atoms with Crippen LogP contribution in [0.15, 0.2) is 212 Å². The molecule has 12 nitrogen and oxygen atoms in total. The minimum atomic E-state index is -1.48. The van der Waals surface area contributed by atoms with E-state index < -0.39 is 73.3 Å². The van der Waals surface area contributed by atoms with Gasteiger partial charge < -0.3 is 52.5 Å². The molecule has 1 heterocycles. The third-order valence-corrected chi connectivity index (χ3v) is 13.3. The number of ether oxygens (including phenoxy) is 10. The number of hydrogen-bond donors (Lipinski definition) is 1. The number of aliphatic hydroxyl groups is 1. The minimum absolute atomic E-state index is 0.0671. The molecule has 9 rings (SSSR count). The first-order valence-corrected chi connectivity index (χ1v) is 25.7. The van der Waals surface area contributed by atoms with Crippen molar-refractivity contribution in [2.45, 2.75) is 121 Å². The summed E-state index contributed by atoms with van der Waals surface area (Å²) >= 11 is 0. The van der Waals surface area contributed by atoms with Gasteiger partial charge in [0.25, 0.3) is 0 Å². The van der Waals surface area contributed by atoms with Crippen molar-refractivity contribution in [3.05, 3.63) is 251 Å². The lowest BCUT2D eigenvalue weighted by molar-refractivity contribution is -0.361. The first-order chi connectivity index (χ1) is 36.9. The fourth-order valence-corrected chi connectivity index (χ4v) is 9.50. The Bertz CT molecular complexity index is 2690. The Hall–Kier alpha value is -6.39. The van der Waals surface area contributed by atoms with E-state index in [1.807, 2.05) is 212 Å². The Morgan fingerprint density at radius 3 is 1.03 bits per heavy atom. The largest absolute Gasteiger partial charge is 0.457 e. The normalized spacial score (nSPS) is 24.6. The molecular weight excluding hydrogens is 949 g/mol. The maximum absolute atomic E-state index is 13.4. The molecule has 0 radical (unpaired) electrons. The molecule has 7 aromatic carbocycles. The highest BCUT2D eigenvalue weighted by Gasteiger charge is 2.58. The first-order valence-electron chi connectivity index (χ1n) is 25.7. The summed E-state index contributed by atoms with van der Waals surface area (Å²) in [6.45, 7) is 2.60. The number of carbonyl (C=O) groups is 1. The van der Waals surface area contributed by atoms with Crippen LogP contribution in [0.3, 0.4) is 0 Å². The van der Waals surface area contributed by atoms with Crippen molar-refractivity contribution in [3.8, 4) is 0 Å². The molecule has 0 spiro atoms. The molecule has 1 saturated carbocycles. The lowest BCUT2D eigenvalue weighted by atomic mass is 9.83. The van der Waals surface area contributed by atoms with Crippen molar-refractivity contribution in [3.63, 3.8) is 0 Å². The smallest absolute Gasteiger partial charge is 0.303 e. The molecule has 2 aliphatic rings. The maximum atomic E-state index is 13.4. The molecule has 0 aromatic heterocycles. The van der Waals surface area contributed by atoms with E-state index in [0.29, 0.717) is 6.61 Å². The van der Waals surface area contributed by atoms with Crippen molar-refractivity contribution >= 4 is 5.97 Å². The van der Waals surface area contributed by atoms with Crippen molar-refractivity contribution in [1.82, 2.24) is 0 Å². The van der Waals surface area contributed by atoms with E-state index in [0.717, 1.165) is 38.9 Å². The van der Waals surface area contributed by atoms with E-state index in [2.05, 4.69) is 0 Å². The predicted molar refractivity (Wildman–Crippen MR) is 281 cm³/mol. The summed E-state index contributed by atoms with van der Waals surface area (Å²) in [6, 6.07) is 68.6. The Labute approximate surface area is 440 Å².